The van der Waals surface area contributed by atoms with Crippen LogP contribution in [0, 0.1) is 0 Å². The van der Waals surface area contributed by atoms with Gasteiger partial charge in [0.15, 0.2) is 0 Å². The van der Waals surface area contributed by atoms with Crippen molar-refractivity contribution in [2.45, 2.75) is 32.2 Å². The maximum Gasteiger partial charge on any atom is 0.323 e. The summed E-state index contributed by atoms with van der Waals surface area (Å²) >= 11 is 1.67. The third-order valence-corrected chi connectivity index (χ3v) is 6.48. The average molecular weight is 435 g/mol. The molecule has 2 aromatic carbocycles. The van der Waals surface area contributed by atoms with Crippen LogP contribution in [0.25, 0.3) is 11.0 Å². The molecule has 2 aromatic heterocycles. The number of thiophene rings is 1. The van der Waals surface area contributed by atoms with Crippen LogP contribution >= 0.6 is 11.3 Å². The van der Waals surface area contributed by atoms with Gasteiger partial charge in [-0.3, -0.25) is 10.1 Å². The number of H-pyrrole nitrogens is 2. The standard InChI is InChI=1S/C24H26N4O2S/c1-3-15(2)16-6-8-17(9-7-16)23(21-5-4-12-31-21)25-14-22(29)26-18-10-11-19-20(13-18)28-24(30)27-19/h4-13,15,23,25H,3,14H2,1-2H3,(H,26,29)(H2,27,28,30)/t15-,23-/m1/s1. The van der Waals surface area contributed by atoms with E-state index in [1.165, 1.54) is 5.56 Å². The van der Waals surface area contributed by atoms with Crippen LogP contribution < -0.4 is 16.3 Å². The number of benzene rings is 2. The molecular weight excluding hydrogens is 408 g/mol. The molecule has 160 valence electrons. The molecule has 7 heteroatoms. The molecule has 1 amide bonds. The molecule has 31 heavy (non-hydrogen) atoms. The van der Waals surface area contributed by atoms with Crippen molar-refractivity contribution in [1.82, 2.24) is 15.3 Å². The lowest BCUT2D eigenvalue weighted by Crippen LogP contribution is -2.31. The number of aromatic nitrogens is 2. The number of amides is 1. The second kappa shape index (κ2) is 9.32. The van der Waals surface area contributed by atoms with E-state index >= 15 is 0 Å². The van der Waals surface area contributed by atoms with Gasteiger partial charge in [0.25, 0.3) is 0 Å². The Labute approximate surface area is 184 Å². The number of imidazole rings is 1. The summed E-state index contributed by atoms with van der Waals surface area (Å²) in [5, 5.41) is 8.34. The molecule has 2 atom stereocenters. The van der Waals surface area contributed by atoms with E-state index in [2.05, 4.69) is 64.8 Å². The molecular formula is C24H26N4O2S. The fourth-order valence-corrected chi connectivity index (χ4v) is 4.43. The molecule has 6 nitrogen and oxygen atoms in total. The Morgan fingerprint density at radius 3 is 2.48 bits per heavy atom. The van der Waals surface area contributed by atoms with Crippen LogP contribution in [0.3, 0.4) is 0 Å². The second-order valence-corrected chi connectivity index (χ2v) is 8.67. The lowest BCUT2D eigenvalue weighted by atomic mass is 9.95. The summed E-state index contributed by atoms with van der Waals surface area (Å²) in [5.74, 6) is 0.385. The van der Waals surface area contributed by atoms with Crippen molar-refractivity contribution >= 4 is 34.0 Å². The smallest absolute Gasteiger partial charge is 0.323 e. The molecule has 4 N–H and O–H groups in total. The lowest BCUT2D eigenvalue weighted by molar-refractivity contribution is -0.115. The molecule has 4 aromatic rings. The molecule has 0 fully saturated rings. The molecule has 4 rings (SSSR count). The van der Waals surface area contributed by atoms with Crippen molar-refractivity contribution < 1.29 is 4.79 Å². The van der Waals surface area contributed by atoms with Gasteiger partial charge >= 0.3 is 5.69 Å². The Kier molecular flexibility index (Phi) is 6.34. The predicted octanol–water partition coefficient (Wildman–Crippen LogP) is 4.75. The maximum atomic E-state index is 12.6. The van der Waals surface area contributed by atoms with Gasteiger partial charge in [0, 0.05) is 10.6 Å². The molecule has 0 saturated heterocycles. The Hall–Kier alpha value is -3.16. The van der Waals surface area contributed by atoms with E-state index in [9.17, 15) is 9.59 Å². The van der Waals surface area contributed by atoms with Crippen molar-refractivity contribution in [3.63, 3.8) is 0 Å². The highest BCUT2D eigenvalue weighted by Crippen LogP contribution is 2.28. The highest BCUT2D eigenvalue weighted by Gasteiger charge is 2.17. The number of rotatable bonds is 8. The van der Waals surface area contributed by atoms with E-state index in [1.54, 1.807) is 29.5 Å². The third kappa shape index (κ3) is 4.95. The van der Waals surface area contributed by atoms with E-state index < -0.39 is 0 Å². The van der Waals surface area contributed by atoms with E-state index in [0.29, 0.717) is 22.6 Å². The van der Waals surface area contributed by atoms with Crippen molar-refractivity contribution in [3.8, 4) is 0 Å². The van der Waals surface area contributed by atoms with Crippen LogP contribution in [0.2, 0.25) is 0 Å². The fraction of sp³-hybridized carbons (Fsp3) is 0.250. The Balaban J connectivity index is 1.45. The number of carbonyl (C=O) groups is 1. The number of hydrogen-bond donors (Lipinski definition) is 4. The summed E-state index contributed by atoms with van der Waals surface area (Å²) < 4.78 is 0. The first-order valence-electron chi connectivity index (χ1n) is 10.4. The summed E-state index contributed by atoms with van der Waals surface area (Å²) in [5.41, 5.74) is 4.20. The topological polar surface area (TPSA) is 89.8 Å². The van der Waals surface area contributed by atoms with Gasteiger partial charge in [0.1, 0.15) is 0 Å². The highest BCUT2D eigenvalue weighted by atomic mass is 32.1. The minimum atomic E-state index is -0.265. The van der Waals surface area contributed by atoms with Gasteiger partial charge in [-0.1, -0.05) is 44.2 Å². The number of anilines is 1. The summed E-state index contributed by atoms with van der Waals surface area (Å²) in [6.07, 6.45) is 1.11. The molecule has 0 unspecified atom stereocenters. The number of nitrogens with one attached hydrogen (secondary N) is 4. The minimum absolute atomic E-state index is 0.0553. The predicted molar refractivity (Wildman–Crippen MR) is 127 cm³/mol. The van der Waals surface area contributed by atoms with Crippen molar-refractivity contribution in [1.29, 1.82) is 0 Å². The summed E-state index contributed by atoms with van der Waals surface area (Å²) in [6.45, 7) is 4.59. The average Bonchev–Trinajstić information content (AvgIpc) is 3.42. The van der Waals surface area contributed by atoms with Crippen molar-refractivity contribution in [3.05, 3.63) is 86.5 Å². The largest absolute Gasteiger partial charge is 0.325 e. The van der Waals surface area contributed by atoms with Gasteiger partial charge in [0.2, 0.25) is 5.91 Å². The van der Waals surface area contributed by atoms with Crippen LogP contribution in [0.5, 0.6) is 0 Å². The Bertz CT molecular complexity index is 1210. The fourth-order valence-electron chi connectivity index (χ4n) is 3.60. The molecule has 0 saturated carbocycles. The number of hydrogen-bond acceptors (Lipinski definition) is 4. The molecule has 0 spiro atoms. The monoisotopic (exact) mass is 434 g/mol. The molecule has 0 aliphatic heterocycles. The Morgan fingerprint density at radius 1 is 1.03 bits per heavy atom. The summed E-state index contributed by atoms with van der Waals surface area (Å²) in [7, 11) is 0. The molecule has 2 heterocycles. The molecule has 0 bridgehead atoms. The van der Waals surface area contributed by atoms with Gasteiger partial charge in [-0.05, 0) is 53.1 Å². The van der Waals surface area contributed by atoms with E-state index in [0.717, 1.165) is 16.9 Å². The Morgan fingerprint density at radius 2 is 1.77 bits per heavy atom. The van der Waals surface area contributed by atoms with Gasteiger partial charge in [-0.25, -0.2) is 4.79 Å². The van der Waals surface area contributed by atoms with E-state index in [4.69, 9.17) is 0 Å². The van der Waals surface area contributed by atoms with E-state index in [1.807, 2.05) is 11.4 Å². The zero-order valence-corrected chi connectivity index (χ0v) is 18.4. The van der Waals surface area contributed by atoms with Crippen LogP contribution in [-0.2, 0) is 4.79 Å². The van der Waals surface area contributed by atoms with Crippen LogP contribution in [0.1, 0.15) is 48.2 Å². The zero-order valence-electron chi connectivity index (χ0n) is 17.6. The number of carbonyl (C=O) groups excluding carboxylic acids is 1. The molecule has 0 radical (unpaired) electrons. The minimum Gasteiger partial charge on any atom is -0.325 e. The first-order chi connectivity index (χ1) is 15.0. The van der Waals surface area contributed by atoms with Gasteiger partial charge in [0.05, 0.1) is 23.6 Å². The normalized spacial score (nSPS) is 13.2. The number of fused-ring (bicyclic) bond motifs is 1. The van der Waals surface area contributed by atoms with Gasteiger partial charge in [-0.2, -0.15) is 0 Å². The highest BCUT2D eigenvalue weighted by molar-refractivity contribution is 7.10. The third-order valence-electron chi connectivity index (χ3n) is 5.55. The first-order valence-corrected chi connectivity index (χ1v) is 11.3. The van der Waals surface area contributed by atoms with E-state index in [-0.39, 0.29) is 24.2 Å². The molecule has 0 aliphatic rings. The molecule has 0 aliphatic carbocycles. The van der Waals surface area contributed by atoms with Crippen LogP contribution in [-0.4, -0.2) is 22.4 Å². The van der Waals surface area contributed by atoms with Crippen LogP contribution in [0.4, 0.5) is 5.69 Å². The SMILES string of the molecule is CC[C@@H](C)c1ccc([C@@H](NCC(=O)Nc2ccc3[nH]c(=O)[nH]c3c2)c2cccs2)cc1. The van der Waals surface area contributed by atoms with Crippen LogP contribution in [0.15, 0.2) is 64.8 Å². The van der Waals surface area contributed by atoms with Gasteiger partial charge < -0.3 is 15.3 Å². The number of aromatic amines is 2. The zero-order chi connectivity index (χ0) is 21.8. The lowest BCUT2D eigenvalue weighted by Gasteiger charge is -2.19. The second-order valence-electron chi connectivity index (χ2n) is 7.69. The van der Waals surface area contributed by atoms with Crippen molar-refractivity contribution in [2.24, 2.45) is 0 Å². The first kappa shape index (κ1) is 21.1. The maximum absolute atomic E-state index is 12.6. The quantitative estimate of drug-likeness (QED) is 0.323. The summed E-state index contributed by atoms with van der Waals surface area (Å²) in [4.78, 5) is 30.6. The van der Waals surface area contributed by atoms with Crippen molar-refractivity contribution in [2.75, 3.05) is 11.9 Å². The summed E-state index contributed by atoms with van der Waals surface area (Å²) in [6, 6.07) is 18.0. The van der Waals surface area contributed by atoms with Gasteiger partial charge in [-0.15, -0.1) is 11.3 Å².